The summed E-state index contributed by atoms with van der Waals surface area (Å²) in [5, 5.41) is 10.1. The van der Waals surface area contributed by atoms with Gasteiger partial charge in [-0.25, -0.2) is 4.79 Å². The smallest absolute Gasteiger partial charge is 0.343 e. The molecule has 1 aliphatic carbocycles. The summed E-state index contributed by atoms with van der Waals surface area (Å²) in [5.74, 6) is -0.356. The number of fused-ring (bicyclic) bond motifs is 1. The standard InChI is InChI=1S/C22H29N3O4/c1-3-29-22(28)17-11-25(15-6-7-15)19-13(2)20(18(23)9-16(19)21(17)27)24-8-4-5-14(10-24)12-26/h9,11,14-15,26H,3-8,10,12,23H2,1-2H3. The molecule has 1 aliphatic heterocycles. The molecule has 29 heavy (non-hydrogen) atoms. The van der Waals surface area contributed by atoms with Crippen molar-refractivity contribution in [2.24, 2.45) is 5.92 Å². The Hall–Kier alpha value is -2.54. The lowest BCUT2D eigenvalue weighted by Gasteiger charge is -2.36. The van der Waals surface area contributed by atoms with Crippen molar-refractivity contribution in [1.29, 1.82) is 0 Å². The van der Waals surface area contributed by atoms with Gasteiger partial charge in [0.15, 0.2) is 0 Å². The molecule has 156 valence electrons. The summed E-state index contributed by atoms with van der Waals surface area (Å²) in [6.07, 6.45) is 5.72. The molecule has 1 aromatic carbocycles. The van der Waals surface area contributed by atoms with Gasteiger partial charge in [-0.2, -0.15) is 0 Å². The topological polar surface area (TPSA) is 97.8 Å². The van der Waals surface area contributed by atoms with Crippen molar-refractivity contribution in [3.05, 3.63) is 33.6 Å². The normalized spacial score (nSPS) is 19.6. The van der Waals surface area contributed by atoms with E-state index >= 15 is 0 Å². The highest BCUT2D eigenvalue weighted by Gasteiger charge is 2.30. The number of piperidine rings is 1. The first kappa shape index (κ1) is 19.8. The minimum absolute atomic E-state index is 0.0658. The highest BCUT2D eigenvalue weighted by molar-refractivity contribution is 5.98. The third-order valence-electron chi connectivity index (χ3n) is 6.08. The number of hydrogen-bond donors (Lipinski definition) is 2. The molecular weight excluding hydrogens is 370 g/mol. The number of benzene rings is 1. The van der Waals surface area contributed by atoms with E-state index in [0.29, 0.717) is 11.1 Å². The van der Waals surface area contributed by atoms with Gasteiger partial charge in [0, 0.05) is 37.3 Å². The fourth-order valence-corrected chi connectivity index (χ4v) is 4.57. The van der Waals surface area contributed by atoms with Crippen LogP contribution in [0.25, 0.3) is 10.9 Å². The number of nitrogens with zero attached hydrogens (tertiary/aromatic N) is 2. The van der Waals surface area contributed by atoms with E-state index in [2.05, 4.69) is 9.47 Å². The molecule has 1 saturated heterocycles. The van der Waals surface area contributed by atoms with Crippen LogP contribution < -0.4 is 16.1 Å². The summed E-state index contributed by atoms with van der Waals surface area (Å²) in [5.41, 5.74) is 9.45. The molecular formula is C22H29N3O4. The molecule has 2 aromatic rings. The number of ether oxygens (including phenoxy) is 1. The van der Waals surface area contributed by atoms with Gasteiger partial charge in [-0.3, -0.25) is 4.79 Å². The van der Waals surface area contributed by atoms with Crippen molar-refractivity contribution in [1.82, 2.24) is 4.57 Å². The molecule has 3 N–H and O–H groups in total. The monoisotopic (exact) mass is 399 g/mol. The first-order valence-corrected chi connectivity index (χ1v) is 10.5. The van der Waals surface area contributed by atoms with Crippen LogP contribution in [0, 0.1) is 12.8 Å². The molecule has 7 nitrogen and oxygen atoms in total. The fraction of sp³-hybridized carbons (Fsp3) is 0.545. The molecule has 1 aromatic heterocycles. The minimum atomic E-state index is -0.587. The molecule has 1 atom stereocenters. The van der Waals surface area contributed by atoms with Crippen molar-refractivity contribution in [2.75, 3.05) is 36.9 Å². The zero-order chi connectivity index (χ0) is 20.7. The van der Waals surface area contributed by atoms with Crippen molar-refractivity contribution in [3.8, 4) is 0 Å². The van der Waals surface area contributed by atoms with Crippen molar-refractivity contribution in [3.63, 3.8) is 0 Å². The van der Waals surface area contributed by atoms with Gasteiger partial charge in [-0.15, -0.1) is 0 Å². The van der Waals surface area contributed by atoms with Crippen LogP contribution in [0.2, 0.25) is 0 Å². The van der Waals surface area contributed by atoms with Crippen LogP contribution in [0.1, 0.15) is 54.6 Å². The second kappa shape index (κ2) is 7.71. The number of hydrogen-bond acceptors (Lipinski definition) is 6. The van der Waals surface area contributed by atoms with Crippen LogP contribution >= 0.6 is 0 Å². The lowest BCUT2D eigenvalue weighted by Crippen LogP contribution is -2.37. The molecule has 2 heterocycles. The highest BCUT2D eigenvalue weighted by atomic mass is 16.5. The number of carbonyl (C=O) groups excluding carboxylic acids is 1. The van der Waals surface area contributed by atoms with Gasteiger partial charge in [0.25, 0.3) is 0 Å². The summed E-state index contributed by atoms with van der Waals surface area (Å²) < 4.78 is 7.17. The number of nitrogen functional groups attached to an aromatic ring is 1. The van der Waals surface area contributed by atoms with E-state index in [1.807, 2.05) is 6.92 Å². The quantitative estimate of drug-likeness (QED) is 0.592. The minimum Gasteiger partial charge on any atom is -0.462 e. The molecule has 1 saturated carbocycles. The molecule has 4 rings (SSSR count). The Morgan fingerprint density at radius 3 is 2.76 bits per heavy atom. The zero-order valence-corrected chi connectivity index (χ0v) is 17.1. The van der Waals surface area contributed by atoms with E-state index in [1.165, 1.54) is 0 Å². The number of carbonyl (C=O) groups is 1. The number of aliphatic hydroxyl groups excluding tert-OH is 1. The van der Waals surface area contributed by atoms with Crippen LogP contribution in [-0.2, 0) is 4.74 Å². The Labute approximate surface area is 170 Å². The van der Waals surface area contributed by atoms with Crippen LogP contribution in [0.4, 0.5) is 11.4 Å². The average molecular weight is 399 g/mol. The SMILES string of the molecule is CCOC(=O)c1cn(C2CC2)c2c(C)c(N3CCCC(CO)C3)c(N)cc2c1=O. The summed E-state index contributed by atoms with van der Waals surface area (Å²) >= 11 is 0. The van der Waals surface area contributed by atoms with E-state index in [-0.39, 0.29) is 36.2 Å². The predicted molar refractivity (Wildman–Crippen MR) is 114 cm³/mol. The average Bonchev–Trinajstić information content (AvgIpc) is 3.54. The van der Waals surface area contributed by atoms with Crippen LogP contribution in [0.3, 0.4) is 0 Å². The number of aromatic nitrogens is 1. The number of rotatable bonds is 5. The summed E-state index contributed by atoms with van der Waals surface area (Å²) in [6.45, 7) is 5.74. The zero-order valence-electron chi connectivity index (χ0n) is 17.1. The molecule has 7 heteroatoms. The molecule has 0 radical (unpaired) electrons. The second-order valence-electron chi connectivity index (χ2n) is 8.20. The molecule has 1 unspecified atom stereocenters. The van der Waals surface area contributed by atoms with Gasteiger partial charge in [-0.05, 0) is 57.1 Å². The summed E-state index contributed by atoms with van der Waals surface area (Å²) in [7, 11) is 0. The molecule has 2 aliphatic rings. The van der Waals surface area contributed by atoms with Crippen molar-refractivity contribution >= 4 is 28.2 Å². The van der Waals surface area contributed by atoms with E-state index < -0.39 is 5.97 Å². The van der Waals surface area contributed by atoms with Crippen LogP contribution in [0.5, 0.6) is 0 Å². The van der Waals surface area contributed by atoms with Gasteiger partial charge in [0.05, 0.1) is 23.5 Å². The molecule has 0 bridgehead atoms. The van der Waals surface area contributed by atoms with Gasteiger partial charge >= 0.3 is 5.97 Å². The van der Waals surface area contributed by atoms with E-state index in [9.17, 15) is 14.7 Å². The maximum absolute atomic E-state index is 13.1. The Morgan fingerprint density at radius 2 is 2.10 bits per heavy atom. The van der Waals surface area contributed by atoms with Gasteiger partial charge in [0.2, 0.25) is 5.43 Å². The van der Waals surface area contributed by atoms with E-state index in [1.54, 1.807) is 19.2 Å². The molecule has 2 fully saturated rings. The number of aryl methyl sites for hydroxylation is 1. The summed E-state index contributed by atoms with van der Waals surface area (Å²) in [4.78, 5) is 27.7. The Balaban J connectivity index is 1.91. The third-order valence-corrected chi connectivity index (χ3v) is 6.08. The lowest BCUT2D eigenvalue weighted by atomic mass is 9.96. The summed E-state index contributed by atoms with van der Waals surface area (Å²) in [6, 6.07) is 2.00. The number of pyridine rings is 1. The van der Waals surface area contributed by atoms with Crippen molar-refractivity contribution < 1.29 is 14.6 Å². The number of esters is 1. The first-order valence-electron chi connectivity index (χ1n) is 10.5. The number of anilines is 2. The number of nitrogens with two attached hydrogens (primary N) is 1. The largest absolute Gasteiger partial charge is 0.462 e. The maximum atomic E-state index is 13.1. The van der Waals surface area contributed by atoms with Gasteiger partial charge < -0.3 is 25.0 Å². The Bertz CT molecular complexity index is 1010. The van der Waals surface area contributed by atoms with Gasteiger partial charge in [0.1, 0.15) is 5.56 Å². The highest BCUT2D eigenvalue weighted by Crippen LogP contribution is 2.41. The van der Waals surface area contributed by atoms with Crippen molar-refractivity contribution in [2.45, 2.75) is 45.6 Å². The first-order chi connectivity index (χ1) is 14.0. The Morgan fingerprint density at radius 1 is 1.34 bits per heavy atom. The molecule has 0 spiro atoms. The maximum Gasteiger partial charge on any atom is 0.343 e. The predicted octanol–water partition coefficient (Wildman–Crippen LogP) is 2.61. The van der Waals surface area contributed by atoms with Crippen LogP contribution in [0.15, 0.2) is 17.1 Å². The molecule has 0 amide bonds. The van der Waals surface area contributed by atoms with Crippen LogP contribution in [-0.4, -0.2) is 41.9 Å². The van der Waals surface area contributed by atoms with E-state index in [4.69, 9.17) is 10.5 Å². The number of aliphatic hydroxyl groups is 1. The Kier molecular flexibility index (Phi) is 5.25. The lowest BCUT2D eigenvalue weighted by molar-refractivity contribution is 0.0524. The van der Waals surface area contributed by atoms with E-state index in [0.717, 1.165) is 55.5 Å². The third kappa shape index (κ3) is 3.48. The second-order valence-corrected chi connectivity index (χ2v) is 8.20. The fourth-order valence-electron chi connectivity index (χ4n) is 4.57. The van der Waals surface area contributed by atoms with Gasteiger partial charge in [-0.1, -0.05) is 0 Å².